The molecule has 1 heterocycles. The number of carbonyl (C=O) groups excluding carboxylic acids is 1. The summed E-state index contributed by atoms with van der Waals surface area (Å²) >= 11 is 5.90. The van der Waals surface area contributed by atoms with Crippen molar-refractivity contribution < 1.29 is 13.2 Å². The molecular weight excluding hydrogens is 312 g/mol. The van der Waals surface area contributed by atoms with Gasteiger partial charge in [-0.2, -0.15) is 0 Å². The molecule has 0 unspecified atom stereocenters. The average Bonchev–Trinajstić information content (AvgIpc) is 2.46. The van der Waals surface area contributed by atoms with Gasteiger partial charge in [0, 0.05) is 38.0 Å². The molecule has 116 valence electrons. The van der Waals surface area contributed by atoms with E-state index in [9.17, 15) is 13.2 Å². The molecule has 0 aromatic heterocycles. The largest absolute Gasteiger partial charge is 0.336 e. The van der Waals surface area contributed by atoms with Crippen molar-refractivity contribution in [2.45, 2.75) is 11.8 Å². The van der Waals surface area contributed by atoms with Gasteiger partial charge in [0.25, 0.3) is 5.91 Å². The number of carbonyl (C=O) groups is 1. The summed E-state index contributed by atoms with van der Waals surface area (Å²) in [4.78, 5) is 16.5. The number of piperazine rings is 1. The van der Waals surface area contributed by atoms with Crippen LogP contribution in [0.5, 0.6) is 0 Å². The average molecular weight is 331 g/mol. The first-order valence-corrected chi connectivity index (χ1v) is 9.11. The molecule has 0 N–H and O–H groups in total. The van der Waals surface area contributed by atoms with Gasteiger partial charge in [0.15, 0.2) is 9.84 Å². The Morgan fingerprint density at radius 2 is 1.86 bits per heavy atom. The molecule has 1 aromatic rings. The van der Waals surface area contributed by atoms with Crippen molar-refractivity contribution in [1.29, 1.82) is 0 Å². The van der Waals surface area contributed by atoms with Gasteiger partial charge in [0.1, 0.15) is 0 Å². The van der Waals surface area contributed by atoms with E-state index in [2.05, 4.69) is 11.8 Å². The molecule has 0 radical (unpaired) electrons. The van der Waals surface area contributed by atoms with E-state index in [1.165, 1.54) is 12.1 Å². The molecule has 0 bridgehead atoms. The van der Waals surface area contributed by atoms with E-state index in [-0.39, 0.29) is 15.8 Å². The van der Waals surface area contributed by atoms with Crippen molar-refractivity contribution in [2.75, 3.05) is 39.0 Å². The first kappa shape index (κ1) is 16.3. The van der Waals surface area contributed by atoms with Gasteiger partial charge >= 0.3 is 0 Å². The second-order valence-corrected chi connectivity index (χ2v) is 7.54. The van der Waals surface area contributed by atoms with Crippen LogP contribution in [0, 0.1) is 0 Å². The number of likely N-dealkylation sites (N-methyl/N-ethyl adjacent to an activating group) is 1. The standard InChI is InChI=1S/C14H19ClN2O3S/c1-3-16-6-8-17(9-7-16)14(18)11-4-5-12(15)13(10-11)21(2,19)20/h4-5,10H,3,6-9H2,1-2H3. The van der Waals surface area contributed by atoms with Gasteiger partial charge in [-0.05, 0) is 24.7 Å². The Balaban J connectivity index is 2.21. The number of rotatable bonds is 3. The monoisotopic (exact) mass is 330 g/mol. The van der Waals surface area contributed by atoms with Gasteiger partial charge in [-0.3, -0.25) is 4.79 Å². The molecule has 0 aliphatic carbocycles. The summed E-state index contributed by atoms with van der Waals surface area (Å²) in [5.74, 6) is -0.146. The molecule has 1 saturated heterocycles. The lowest BCUT2D eigenvalue weighted by Gasteiger charge is -2.34. The number of hydrogen-bond acceptors (Lipinski definition) is 4. The maximum Gasteiger partial charge on any atom is 0.253 e. The lowest BCUT2D eigenvalue weighted by Crippen LogP contribution is -2.48. The minimum absolute atomic E-state index is 0.00205. The van der Waals surface area contributed by atoms with Crippen molar-refractivity contribution in [2.24, 2.45) is 0 Å². The Bertz CT molecular complexity index is 638. The quantitative estimate of drug-likeness (QED) is 0.843. The molecule has 1 amide bonds. The Labute approximate surface area is 130 Å². The fourth-order valence-electron chi connectivity index (χ4n) is 2.37. The smallest absolute Gasteiger partial charge is 0.253 e. The summed E-state index contributed by atoms with van der Waals surface area (Å²) in [6, 6.07) is 4.41. The van der Waals surface area contributed by atoms with Crippen LogP contribution in [-0.2, 0) is 9.84 Å². The molecule has 0 atom stereocenters. The van der Waals surface area contributed by atoms with Gasteiger partial charge in [-0.1, -0.05) is 18.5 Å². The van der Waals surface area contributed by atoms with Gasteiger partial charge in [-0.25, -0.2) is 8.42 Å². The zero-order valence-corrected chi connectivity index (χ0v) is 13.7. The van der Waals surface area contributed by atoms with E-state index in [0.717, 1.165) is 25.9 Å². The van der Waals surface area contributed by atoms with Crippen LogP contribution in [0.4, 0.5) is 0 Å². The van der Waals surface area contributed by atoms with Crippen molar-refractivity contribution in [1.82, 2.24) is 9.80 Å². The summed E-state index contributed by atoms with van der Waals surface area (Å²) < 4.78 is 23.3. The van der Waals surface area contributed by atoms with E-state index < -0.39 is 9.84 Å². The summed E-state index contributed by atoms with van der Waals surface area (Å²) in [5, 5.41) is 0.143. The van der Waals surface area contributed by atoms with Crippen LogP contribution in [0.3, 0.4) is 0 Å². The summed E-state index contributed by atoms with van der Waals surface area (Å²) in [6.45, 7) is 6.06. The highest BCUT2D eigenvalue weighted by Crippen LogP contribution is 2.23. The number of benzene rings is 1. The maximum absolute atomic E-state index is 12.5. The Morgan fingerprint density at radius 1 is 1.24 bits per heavy atom. The Kier molecular flexibility index (Phi) is 4.91. The van der Waals surface area contributed by atoms with E-state index in [0.29, 0.717) is 18.7 Å². The van der Waals surface area contributed by atoms with Crippen molar-refractivity contribution in [3.8, 4) is 0 Å². The summed E-state index contributed by atoms with van der Waals surface area (Å²) in [7, 11) is -3.44. The van der Waals surface area contributed by atoms with Crippen molar-refractivity contribution in [3.63, 3.8) is 0 Å². The van der Waals surface area contributed by atoms with Crippen LogP contribution in [-0.4, -0.2) is 63.1 Å². The molecule has 21 heavy (non-hydrogen) atoms. The van der Waals surface area contributed by atoms with Crippen molar-refractivity contribution in [3.05, 3.63) is 28.8 Å². The minimum atomic E-state index is -3.44. The molecule has 7 heteroatoms. The van der Waals surface area contributed by atoms with Gasteiger partial charge in [0.2, 0.25) is 0 Å². The van der Waals surface area contributed by atoms with E-state index in [1.807, 2.05) is 0 Å². The first-order valence-electron chi connectivity index (χ1n) is 6.84. The van der Waals surface area contributed by atoms with Crippen molar-refractivity contribution >= 4 is 27.3 Å². The lowest BCUT2D eigenvalue weighted by atomic mass is 10.2. The number of sulfone groups is 1. The molecule has 1 aliphatic rings. The van der Waals surface area contributed by atoms with Gasteiger partial charge < -0.3 is 9.80 Å². The molecule has 1 fully saturated rings. The topological polar surface area (TPSA) is 57.7 Å². The van der Waals surface area contributed by atoms with E-state index in [4.69, 9.17) is 11.6 Å². The fourth-order valence-corrected chi connectivity index (χ4v) is 3.67. The van der Waals surface area contributed by atoms with E-state index >= 15 is 0 Å². The number of halogens is 1. The highest BCUT2D eigenvalue weighted by molar-refractivity contribution is 7.90. The zero-order chi connectivity index (χ0) is 15.6. The second-order valence-electron chi connectivity index (χ2n) is 5.14. The van der Waals surface area contributed by atoms with E-state index in [1.54, 1.807) is 11.0 Å². The molecule has 2 rings (SSSR count). The second kappa shape index (κ2) is 6.34. The van der Waals surface area contributed by atoms with Gasteiger partial charge in [-0.15, -0.1) is 0 Å². The Morgan fingerprint density at radius 3 is 2.38 bits per heavy atom. The normalized spacial score (nSPS) is 17.0. The third kappa shape index (κ3) is 3.75. The molecule has 5 nitrogen and oxygen atoms in total. The number of nitrogens with zero attached hydrogens (tertiary/aromatic N) is 2. The zero-order valence-electron chi connectivity index (χ0n) is 12.2. The third-order valence-corrected chi connectivity index (χ3v) is 5.26. The fraction of sp³-hybridized carbons (Fsp3) is 0.500. The third-order valence-electron chi connectivity index (χ3n) is 3.68. The molecule has 1 aliphatic heterocycles. The number of hydrogen-bond donors (Lipinski definition) is 0. The maximum atomic E-state index is 12.5. The first-order chi connectivity index (χ1) is 9.82. The highest BCUT2D eigenvalue weighted by atomic mass is 35.5. The lowest BCUT2D eigenvalue weighted by molar-refractivity contribution is 0.0643. The highest BCUT2D eigenvalue weighted by Gasteiger charge is 2.23. The van der Waals surface area contributed by atoms with Crippen LogP contribution in [0.25, 0.3) is 0 Å². The predicted molar refractivity (Wildman–Crippen MR) is 82.6 cm³/mol. The predicted octanol–water partition coefficient (Wildman–Crippen LogP) is 1.52. The van der Waals surface area contributed by atoms with Gasteiger partial charge in [0.05, 0.1) is 9.92 Å². The molecule has 0 saturated carbocycles. The van der Waals surface area contributed by atoms with Crippen LogP contribution < -0.4 is 0 Å². The van der Waals surface area contributed by atoms with Crippen LogP contribution in [0.2, 0.25) is 5.02 Å². The van der Waals surface area contributed by atoms with Crippen LogP contribution in [0.15, 0.2) is 23.1 Å². The molecular formula is C14H19ClN2O3S. The minimum Gasteiger partial charge on any atom is -0.336 e. The summed E-state index contributed by atoms with van der Waals surface area (Å²) in [5.41, 5.74) is 0.366. The SMILES string of the molecule is CCN1CCN(C(=O)c2ccc(Cl)c(S(C)(=O)=O)c2)CC1. The number of amides is 1. The molecule has 0 spiro atoms. The van der Waals surface area contributed by atoms with Crippen LogP contribution in [0.1, 0.15) is 17.3 Å². The molecule has 1 aromatic carbocycles. The Hall–Kier alpha value is -1.11. The van der Waals surface area contributed by atoms with Crippen LogP contribution >= 0.6 is 11.6 Å². The summed E-state index contributed by atoms with van der Waals surface area (Å²) in [6.07, 6.45) is 1.09.